The number of nitrogens with one attached hydrogen (secondary N) is 3. The molecule has 0 aromatic heterocycles. The summed E-state index contributed by atoms with van der Waals surface area (Å²) in [5, 5.41) is 9.26. The molecule has 30 heavy (non-hydrogen) atoms. The second-order valence-electron chi connectivity index (χ2n) is 7.32. The number of rotatable bonds is 10. The average molecular weight is 412 g/mol. The molecule has 0 radical (unpaired) electrons. The van der Waals surface area contributed by atoms with Crippen LogP contribution in [0.2, 0.25) is 0 Å². The summed E-state index contributed by atoms with van der Waals surface area (Å²) in [4.78, 5) is 24.2. The molecule has 7 heteroatoms. The van der Waals surface area contributed by atoms with Crippen molar-refractivity contribution in [3.8, 4) is 5.75 Å². The van der Waals surface area contributed by atoms with Crippen molar-refractivity contribution in [3.63, 3.8) is 0 Å². The number of carbonyl (C=O) groups is 2. The molecular weight excluding hydrogens is 382 g/mol. The lowest BCUT2D eigenvalue weighted by atomic mass is 10.1. The number of ether oxygens (including phenoxy) is 2. The monoisotopic (exact) mass is 411 g/mol. The highest BCUT2D eigenvalue weighted by Crippen LogP contribution is 2.32. The first kappa shape index (κ1) is 21.6. The van der Waals surface area contributed by atoms with E-state index in [0.717, 1.165) is 24.1 Å². The van der Waals surface area contributed by atoms with Crippen molar-refractivity contribution in [2.24, 2.45) is 5.92 Å². The summed E-state index contributed by atoms with van der Waals surface area (Å²) in [6.07, 6.45) is 1.90. The number of hydrogen-bond acceptors (Lipinski definition) is 5. The number of hydrogen-bond donors (Lipinski definition) is 3. The Kier molecular flexibility index (Phi) is 7.68. The van der Waals surface area contributed by atoms with Crippen molar-refractivity contribution in [1.82, 2.24) is 10.6 Å². The quantitative estimate of drug-likeness (QED) is 0.556. The minimum atomic E-state index is -0.362. The molecule has 0 unspecified atom stereocenters. The molecule has 1 atom stereocenters. The molecule has 160 valence electrons. The molecule has 0 aliphatic heterocycles. The third kappa shape index (κ3) is 6.49. The van der Waals surface area contributed by atoms with Crippen LogP contribution < -0.4 is 20.7 Å². The van der Waals surface area contributed by atoms with Crippen molar-refractivity contribution < 1.29 is 19.1 Å². The Morgan fingerprint density at radius 1 is 1.13 bits per heavy atom. The second-order valence-corrected chi connectivity index (χ2v) is 7.32. The Balaban J connectivity index is 1.50. The Labute approximate surface area is 177 Å². The number of alkyl carbamates (subject to hydrolysis) is 1. The fourth-order valence-electron chi connectivity index (χ4n) is 3.23. The molecule has 7 nitrogen and oxygen atoms in total. The third-order valence-electron chi connectivity index (χ3n) is 5.00. The first-order chi connectivity index (χ1) is 14.6. The van der Waals surface area contributed by atoms with Gasteiger partial charge in [0.05, 0.1) is 13.7 Å². The summed E-state index contributed by atoms with van der Waals surface area (Å²) in [5.74, 6) is 1.05. The standard InChI is InChI=1S/C23H29N3O4/c1-3-30-23(28)26-21(17-7-8-17)15-24-14-16-5-4-6-19(13-16)25-22(27)18-9-11-20(29-2)12-10-18/h4-6,9-13,17,21,24H,3,7-8,14-15H2,1-2H3,(H,25,27)(H,26,28)/t21-/m1/s1. The van der Waals surface area contributed by atoms with Gasteiger partial charge in [-0.25, -0.2) is 4.79 Å². The van der Waals surface area contributed by atoms with Gasteiger partial charge in [0.1, 0.15) is 5.75 Å². The molecule has 2 aromatic carbocycles. The topological polar surface area (TPSA) is 88.7 Å². The molecule has 2 amide bonds. The summed E-state index contributed by atoms with van der Waals surface area (Å²) in [6, 6.07) is 14.8. The van der Waals surface area contributed by atoms with Gasteiger partial charge < -0.3 is 25.4 Å². The van der Waals surface area contributed by atoms with Crippen LogP contribution >= 0.6 is 0 Å². The Morgan fingerprint density at radius 2 is 1.90 bits per heavy atom. The van der Waals surface area contributed by atoms with Gasteiger partial charge >= 0.3 is 6.09 Å². The van der Waals surface area contributed by atoms with Crippen LogP contribution in [0, 0.1) is 5.92 Å². The van der Waals surface area contributed by atoms with Gasteiger partial charge in [0.15, 0.2) is 0 Å². The molecule has 0 saturated heterocycles. The third-order valence-corrected chi connectivity index (χ3v) is 5.00. The van der Waals surface area contributed by atoms with Crippen LogP contribution in [0.4, 0.5) is 10.5 Å². The van der Waals surface area contributed by atoms with E-state index in [1.807, 2.05) is 24.3 Å². The maximum atomic E-state index is 12.4. The van der Waals surface area contributed by atoms with E-state index in [9.17, 15) is 9.59 Å². The predicted octanol–water partition coefficient (Wildman–Crippen LogP) is 3.56. The number of benzene rings is 2. The average Bonchev–Trinajstić information content (AvgIpc) is 3.59. The maximum absolute atomic E-state index is 12.4. The second kappa shape index (κ2) is 10.6. The van der Waals surface area contributed by atoms with Crippen LogP contribution in [0.1, 0.15) is 35.7 Å². The van der Waals surface area contributed by atoms with E-state index < -0.39 is 0 Å². The van der Waals surface area contributed by atoms with E-state index in [0.29, 0.717) is 36.9 Å². The van der Waals surface area contributed by atoms with Crippen LogP contribution in [0.15, 0.2) is 48.5 Å². The zero-order valence-corrected chi connectivity index (χ0v) is 17.4. The smallest absolute Gasteiger partial charge is 0.407 e. The van der Waals surface area contributed by atoms with Gasteiger partial charge in [-0.1, -0.05) is 12.1 Å². The maximum Gasteiger partial charge on any atom is 0.407 e. The molecule has 0 spiro atoms. The minimum absolute atomic E-state index is 0.0713. The SMILES string of the molecule is CCOC(=O)N[C@H](CNCc1cccc(NC(=O)c2ccc(OC)cc2)c1)C1CC1. The highest BCUT2D eigenvalue weighted by molar-refractivity contribution is 6.04. The molecule has 3 rings (SSSR count). The van der Waals surface area contributed by atoms with E-state index >= 15 is 0 Å². The molecule has 1 fully saturated rings. The predicted molar refractivity (Wildman–Crippen MR) is 116 cm³/mol. The van der Waals surface area contributed by atoms with E-state index in [1.165, 1.54) is 0 Å². The molecule has 0 bridgehead atoms. The van der Waals surface area contributed by atoms with Crippen LogP contribution in [0.25, 0.3) is 0 Å². The summed E-state index contributed by atoms with van der Waals surface area (Å²) in [6.45, 7) is 3.47. The lowest BCUT2D eigenvalue weighted by Gasteiger charge is -2.18. The van der Waals surface area contributed by atoms with E-state index in [4.69, 9.17) is 9.47 Å². The van der Waals surface area contributed by atoms with Crippen LogP contribution in [0.3, 0.4) is 0 Å². The fourth-order valence-corrected chi connectivity index (χ4v) is 3.23. The number of methoxy groups -OCH3 is 1. The first-order valence-corrected chi connectivity index (χ1v) is 10.3. The van der Waals surface area contributed by atoms with Crippen molar-refractivity contribution in [2.45, 2.75) is 32.4 Å². The summed E-state index contributed by atoms with van der Waals surface area (Å²) in [7, 11) is 1.59. The number of amides is 2. The Hall–Kier alpha value is -3.06. The van der Waals surface area contributed by atoms with Gasteiger partial charge in [0, 0.05) is 30.4 Å². The molecule has 1 saturated carbocycles. The minimum Gasteiger partial charge on any atom is -0.497 e. The van der Waals surface area contributed by atoms with E-state index in [-0.39, 0.29) is 18.0 Å². The van der Waals surface area contributed by atoms with Crippen molar-refractivity contribution >= 4 is 17.7 Å². The van der Waals surface area contributed by atoms with E-state index in [1.54, 1.807) is 38.3 Å². The van der Waals surface area contributed by atoms with Crippen molar-refractivity contribution in [1.29, 1.82) is 0 Å². The van der Waals surface area contributed by atoms with E-state index in [2.05, 4.69) is 16.0 Å². The van der Waals surface area contributed by atoms with Gasteiger partial charge in [-0.2, -0.15) is 0 Å². The first-order valence-electron chi connectivity index (χ1n) is 10.3. The number of anilines is 1. The highest BCUT2D eigenvalue weighted by atomic mass is 16.5. The zero-order valence-electron chi connectivity index (χ0n) is 17.4. The molecule has 0 heterocycles. The van der Waals surface area contributed by atoms with Crippen LogP contribution in [0.5, 0.6) is 5.75 Å². The fraction of sp³-hybridized carbons (Fsp3) is 0.391. The van der Waals surface area contributed by atoms with Gasteiger partial charge in [-0.15, -0.1) is 0 Å². The summed E-state index contributed by atoms with van der Waals surface area (Å²) in [5.41, 5.74) is 2.35. The zero-order chi connectivity index (χ0) is 21.3. The molecule has 1 aliphatic carbocycles. The van der Waals surface area contributed by atoms with Gasteiger partial charge in [-0.05, 0) is 67.6 Å². The summed E-state index contributed by atoms with van der Waals surface area (Å²) >= 11 is 0. The molecular formula is C23H29N3O4. The highest BCUT2D eigenvalue weighted by Gasteiger charge is 2.32. The number of carbonyl (C=O) groups excluding carboxylic acids is 2. The largest absolute Gasteiger partial charge is 0.497 e. The van der Waals surface area contributed by atoms with Gasteiger partial charge in [-0.3, -0.25) is 4.79 Å². The molecule has 1 aliphatic rings. The lowest BCUT2D eigenvalue weighted by Crippen LogP contribution is -2.43. The van der Waals surface area contributed by atoms with Gasteiger partial charge in [0.2, 0.25) is 0 Å². The van der Waals surface area contributed by atoms with Crippen molar-refractivity contribution in [2.75, 3.05) is 25.6 Å². The molecule has 2 aromatic rings. The van der Waals surface area contributed by atoms with Crippen LogP contribution in [-0.4, -0.2) is 38.3 Å². The van der Waals surface area contributed by atoms with Crippen molar-refractivity contribution in [3.05, 3.63) is 59.7 Å². The molecule has 3 N–H and O–H groups in total. The Bertz CT molecular complexity index is 850. The normalized spacial score (nSPS) is 13.9. The lowest BCUT2D eigenvalue weighted by molar-refractivity contribution is 0.102. The Morgan fingerprint density at radius 3 is 2.57 bits per heavy atom. The summed E-state index contributed by atoms with van der Waals surface area (Å²) < 4.78 is 10.1. The van der Waals surface area contributed by atoms with Gasteiger partial charge in [0.25, 0.3) is 5.91 Å². The van der Waals surface area contributed by atoms with Crippen LogP contribution in [-0.2, 0) is 11.3 Å².